The maximum atomic E-state index is 6.04. The Balaban J connectivity index is 2.39. The maximum absolute atomic E-state index is 6.04. The van der Waals surface area contributed by atoms with Crippen LogP contribution in [0.3, 0.4) is 0 Å². The summed E-state index contributed by atoms with van der Waals surface area (Å²) in [5.41, 5.74) is 2.46. The minimum absolute atomic E-state index is 0.0822. The van der Waals surface area contributed by atoms with Gasteiger partial charge in [-0.05, 0) is 39.5 Å². The van der Waals surface area contributed by atoms with Crippen LogP contribution >= 0.6 is 11.6 Å². The van der Waals surface area contributed by atoms with Crippen molar-refractivity contribution >= 4 is 17.4 Å². The number of aromatic nitrogens is 2. The van der Waals surface area contributed by atoms with Crippen LogP contribution in [-0.4, -0.2) is 28.4 Å². The SMILES string of the molecule is CN(c1ncnc2c1CCCC2)C(C)(C)CCl. The molecule has 0 fully saturated rings. The third-order valence-corrected chi connectivity index (χ3v) is 4.31. The normalized spacial score (nSPS) is 15.5. The van der Waals surface area contributed by atoms with Crippen molar-refractivity contribution in [3.05, 3.63) is 17.6 Å². The van der Waals surface area contributed by atoms with Crippen LogP contribution in [0.5, 0.6) is 0 Å². The summed E-state index contributed by atoms with van der Waals surface area (Å²) in [6, 6.07) is 0. The number of fused-ring (bicyclic) bond motifs is 1. The molecule has 1 aromatic rings. The number of hydrogen-bond donors (Lipinski definition) is 0. The number of rotatable bonds is 3. The molecule has 0 N–H and O–H groups in total. The monoisotopic (exact) mass is 253 g/mol. The first-order valence-electron chi connectivity index (χ1n) is 6.19. The summed E-state index contributed by atoms with van der Waals surface area (Å²) in [6.07, 6.45) is 6.34. The van der Waals surface area contributed by atoms with Crippen molar-refractivity contribution in [2.75, 3.05) is 17.8 Å². The second-order valence-electron chi connectivity index (χ2n) is 5.33. The van der Waals surface area contributed by atoms with Gasteiger partial charge in [0.25, 0.3) is 0 Å². The van der Waals surface area contributed by atoms with E-state index in [4.69, 9.17) is 11.6 Å². The molecule has 2 rings (SSSR count). The molecule has 0 atom stereocenters. The van der Waals surface area contributed by atoms with Crippen molar-refractivity contribution in [1.82, 2.24) is 9.97 Å². The lowest BCUT2D eigenvalue weighted by Crippen LogP contribution is -2.44. The summed E-state index contributed by atoms with van der Waals surface area (Å²) in [5, 5.41) is 0. The highest BCUT2D eigenvalue weighted by atomic mass is 35.5. The minimum Gasteiger partial charge on any atom is -0.353 e. The van der Waals surface area contributed by atoms with Gasteiger partial charge in [-0.25, -0.2) is 9.97 Å². The van der Waals surface area contributed by atoms with Crippen molar-refractivity contribution in [3.8, 4) is 0 Å². The molecule has 3 nitrogen and oxygen atoms in total. The lowest BCUT2D eigenvalue weighted by molar-refractivity contribution is 0.533. The van der Waals surface area contributed by atoms with Crippen molar-refractivity contribution in [2.45, 2.75) is 45.1 Å². The quantitative estimate of drug-likeness (QED) is 0.776. The van der Waals surface area contributed by atoms with Gasteiger partial charge in [0.2, 0.25) is 0 Å². The van der Waals surface area contributed by atoms with E-state index in [1.807, 2.05) is 0 Å². The summed E-state index contributed by atoms with van der Waals surface area (Å²) in [7, 11) is 2.07. The Morgan fingerprint density at radius 2 is 2.00 bits per heavy atom. The molecule has 1 aliphatic carbocycles. The number of aryl methyl sites for hydroxylation is 1. The topological polar surface area (TPSA) is 29.0 Å². The number of halogens is 1. The predicted molar refractivity (Wildman–Crippen MR) is 71.9 cm³/mol. The van der Waals surface area contributed by atoms with Crippen LogP contribution in [-0.2, 0) is 12.8 Å². The van der Waals surface area contributed by atoms with Gasteiger partial charge in [-0.1, -0.05) is 0 Å². The molecular weight excluding hydrogens is 234 g/mol. The fourth-order valence-electron chi connectivity index (χ4n) is 2.17. The van der Waals surface area contributed by atoms with Crippen LogP contribution in [0.15, 0.2) is 6.33 Å². The van der Waals surface area contributed by atoms with E-state index in [-0.39, 0.29) is 5.54 Å². The molecule has 4 heteroatoms. The molecule has 94 valence electrons. The van der Waals surface area contributed by atoms with E-state index >= 15 is 0 Å². The van der Waals surface area contributed by atoms with Gasteiger partial charge in [-0.2, -0.15) is 0 Å². The Morgan fingerprint density at radius 3 is 2.71 bits per heavy atom. The first kappa shape index (κ1) is 12.6. The Bertz CT molecular complexity index is 404. The summed E-state index contributed by atoms with van der Waals surface area (Å²) >= 11 is 6.04. The molecule has 1 aromatic heterocycles. The average molecular weight is 254 g/mol. The van der Waals surface area contributed by atoms with Gasteiger partial charge in [0.05, 0.1) is 0 Å². The van der Waals surface area contributed by atoms with Crippen LogP contribution in [0.25, 0.3) is 0 Å². The molecule has 0 unspecified atom stereocenters. The second-order valence-corrected chi connectivity index (χ2v) is 5.60. The fraction of sp³-hybridized carbons (Fsp3) is 0.692. The average Bonchev–Trinajstić information content (AvgIpc) is 2.37. The highest BCUT2D eigenvalue weighted by Crippen LogP contribution is 2.30. The van der Waals surface area contributed by atoms with E-state index in [2.05, 4.69) is 35.8 Å². The molecular formula is C13H20ClN3. The fourth-order valence-corrected chi connectivity index (χ4v) is 2.35. The van der Waals surface area contributed by atoms with Gasteiger partial charge < -0.3 is 4.90 Å². The van der Waals surface area contributed by atoms with E-state index in [1.54, 1.807) is 6.33 Å². The van der Waals surface area contributed by atoms with Gasteiger partial charge in [-0.3, -0.25) is 0 Å². The standard InChI is InChI=1S/C13H20ClN3/c1-13(2,8-14)17(3)12-10-6-4-5-7-11(10)15-9-16-12/h9H,4-8H2,1-3H3. The molecule has 0 saturated carbocycles. The Morgan fingerprint density at radius 1 is 1.29 bits per heavy atom. The van der Waals surface area contributed by atoms with Crippen LogP contribution in [0, 0.1) is 0 Å². The van der Waals surface area contributed by atoms with Gasteiger partial charge in [0.15, 0.2) is 0 Å². The summed E-state index contributed by atoms with van der Waals surface area (Å²) in [6.45, 7) is 4.27. The summed E-state index contributed by atoms with van der Waals surface area (Å²) in [4.78, 5) is 11.0. The van der Waals surface area contributed by atoms with Crippen LogP contribution < -0.4 is 4.90 Å². The van der Waals surface area contributed by atoms with E-state index < -0.39 is 0 Å². The number of nitrogens with zero attached hydrogens (tertiary/aromatic N) is 3. The first-order chi connectivity index (χ1) is 8.06. The highest BCUT2D eigenvalue weighted by molar-refractivity contribution is 6.18. The molecule has 0 radical (unpaired) electrons. The maximum Gasteiger partial charge on any atom is 0.135 e. The molecule has 0 saturated heterocycles. The smallest absolute Gasteiger partial charge is 0.135 e. The Kier molecular flexibility index (Phi) is 3.57. The zero-order valence-corrected chi connectivity index (χ0v) is 11.6. The first-order valence-corrected chi connectivity index (χ1v) is 6.72. The van der Waals surface area contributed by atoms with Gasteiger partial charge in [-0.15, -0.1) is 11.6 Å². The highest BCUT2D eigenvalue weighted by Gasteiger charge is 2.27. The van der Waals surface area contributed by atoms with Crippen molar-refractivity contribution in [1.29, 1.82) is 0 Å². The van der Waals surface area contributed by atoms with Gasteiger partial charge in [0, 0.05) is 29.7 Å². The van der Waals surface area contributed by atoms with Crippen molar-refractivity contribution in [3.63, 3.8) is 0 Å². The van der Waals surface area contributed by atoms with E-state index in [9.17, 15) is 0 Å². The van der Waals surface area contributed by atoms with Gasteiger partial charge in [0.1, 0.15) is 12.1 Å². The molecule has 0 spiro atoms. The predicted octanol–water partition coefficient (Wildman–Crippen LogP) is 2.81. The largest absolute Gasteiger partial charge is 0.353 e. The Hall–Kier alpha value is -0.830. The van der Waals surface area contributed by atoms with Crippen molar-refractivity contribution < 1.29 is 0 Å². The number of alkyl halides is 1. The molecule has 1 heterocycles. The van der Waals surface area contributed by atoms with Crippen LogP contribution in [0.1, 0.15) is 37.9 Å². The summed E-state index contributed by atoms with van der Waals surface area (Å²) in [5.74, 6) is 1.64. The number of hydrogen-bond acceptors (Lipinski definition) is 3. The molecule has 0 aromatic carbocycles. The van der Waals surface area contributed by atoms with Crippen LogP contribution in [0.2, 0.25) is 0 Å². The zero-order valence-electron chi connectivity index (χ0n) is 10.8. The van der Waals surface area contributed by atoms with Crippen molar-refractivity contribution in [2.24, 2.45) is 0 Å². The summed E-state index contributed by atoms with van der Waals surface area (Å²) < 4.78 is 0. The van der Waals surface area contributed by atoms with E-state index in [0.717, 1.165) is 18.7 Å². The molecule has 0 amide bonds. The zero-order chi connectivity index (χ0) is 12.5. The third kappa shape index (κ3) is 2.39. The van der Waals surface area contributed by atoms with Gasteiger partial charge >= 0.3 is 0 Å². The minimum atomic E-state index is -0.0822. The Labute approximate surface area is 108 Å². The molecule has 1 aliphatic rings. The molecule has 0 aliphatic heterocycles. The number of anilines is 1. The third-order valence-electron chi connectivity index (χ3n) is 3.65. The second kappa shape index (κ2) is 4.81. The molecule has 17 heavy (non-hydrogen) atoms. The lowest BCUT2D eigenvalue weighted by atomic mass is 9.95. The molecule has 0 bridgehead atoms. The lowest BCUT2D eigenvalue weighted by Gasteiger charge is -2.36. The van der Waals surface area contributed by atoms with E-state index in [0.29, 0.717) is 5.88 Å². The van der Waals surface area contributed by atoms with E-state index in [1.165, 1.54) is 24.1 Å². The van der Waals surface area contributed by atoms with Crippen LogP contribution in [0.4, 0.5) is 5.82 Å².